The molecule has 1 saturated heterocycles. The number of nitrogens with zero attached hydrogens (tertiary/aromatic N) is 3. The van der Waals surface area contributed by atoms with Gasteiger partial charge in [0.2, 0.25) is 0 Å². The Morgan fingerprint density at radius 1 is 1.13 bits per heavy atom. The van der Waals surface area contributed by atoms with Crippen LogP contribution in [0.25, 0.3) is 0 Å². The van der Waals surface area contributed by atoms with Gasteiger partial charge in [-0.05, 0) is 68.2 Å². The van der Waals surface area contributed by atoms with E-state index in [0.717, 1.165) is 29.1 Å². The number of hydrogen-bond donors (Lipinski definition) is 1. The first kappa shape index (κ1) is 21.1. The number of halogens is 1. The van der Waals surface area contributed by atoms with E-state index < -0.39 is 0 Å². The molecule has 1 saturated carbocycles. The fraction of sp³-hybridized carbons (Fsp3) is 0.522. The molecule has 0 amide bonds. The molecule has 2 aliphatic rings. The minimum atomic E-state index is -0.334. The van der Waals surface area contributed by atoms with Gasteiger partial charge >= 0.3 is 0 Å². The molecule has 1 N–H and O–H groups in total. The molecule has 4 rings (SSSR count). The van der Waals surface area contributed by atoms with Crippen molar-refractivity contribution in [1.29, 1.82) is 0 Å². The third kappa shape index (κ3) is 5.31. The van der Waals surface area contributed by atoms with Gasteiger partial charge < -0.3 is 10.2 Å². The number of rotatable bonds is 6. The largest absolute Gasteiger partial charge is 0.371 e. The van der Waals surface area contributed by atoms with Gasteiger partial charge in [-0.15, -0.1) is 0 Å². The van der Waals surface area contributed by atoms with Crippen LogP contribution in [0.3, 0.4) is 0 Å². The van der Waals surface area contributed by atoms with Gasteiger partial charge in [-0.3, -0.25) is 10.1 Å². The molecule has 1 aliphatic carbocycles. The number of benzene rings is 1. The molecule has 2 heterocycles. The third-order valence-electron chi connectivity index (χ3n) is 6.55. The van der Waals surface area contributed by atoms with Gasteiger partial charge in [-0.1, -0.05) is 28.8 Å². The summed E-state index contributed by atoms with van der Waals surface area (Å²) in [5, 5.41) is 14.6. The second kappa shape index (κ2) is 9.77. The molecular weight excluding hydrogens is 444 g/mol. The maximum atomic E-state index is 10.9. The zero-order valence-corrected chi connectivity index (χ0v) is 18.8. The highest BCUT2D eigenvalue weighted by Gasteiger charge is 2.30. The molecule has 1 aromatic heterocycles. The van der Waals surface area contributed by atoms with Crippen LogP contribution in [0.15, 0.2) is 47.1 Å². The monoisotopic (exact) mass is 472 g/mol. The van der Waals surface area contributed by atoms with Crippen molar-refractivity contribution in [1.82, 2.24) is 4.98 Å². The zero-order chi connectivity index (χ0) is 20.9. The average Bonchev–Trinajstić information content (AvgIpc) is 2.75. The molecule has 160 valence electrons. The van der Waals surface area contributed by atoms with E-state index in [0.29, 0.717) is 17.9 Å². The van der Waals surface area contributed by atoms with Crippen molar-refractivity contribution in [2.24, 2.45) is 11.8 Å². The van der Waals surface area contributed by atoms with Crippen molar-refractivity contribution in [2.45, 2.75) is 51.0 Å². The van der Waals surface area contributed by atoms with Crippen LogP contribution in [0.4, 0.5) is 17.2 Å². The summed E-state index contributed by atoms with van der Waals surface area (Å²) in [5.41, 5.74) is 1.26. The van der Waals surface area contributed by atoms with Crippen LogP contribution in [0.2, 0.25) is 0 Å². The summed E-state index contributed by atoms with van der Waals surface area (Å²) in [5.74, 6) is 2.29. The minimum absolute atomic E-state index is 0.157. The van der Waals surface area contributed by atoms with Gasteiger partial charge in [0.1, 0.15) is 5.82 Å². The topological polar surface area (TPSA) is 71.3 Å². The Kier molecular flexibility index (Phi) is 6.87. The predicted octanol–water partition coefficient (Wildman–Crippen LogP) is 6.03. The Bertz CT molecular complexity index is 861. The Morgan fingerprint density at radius 3 is 2.70 bits per heavy atom. The molecule has 0 spiro atoms. The molecule has 0 unspecified atom stereocenters. The normalized spacial score (nSPS) is 24.4. The molecule has 1 aromatic carbocycles. The van der Waals surface area contributed by atoms with E-state index in [1.165, 1.54) is 44.9 Å². The van der Waals surface area contributed by atoms with E-state index >= 15 is 0 Å². The van der Waals surface area contributed by atoms with Crippen molar-refractivity contribution in [2.75, 3.05) is 23.3 Å². The van der Waals surface area contributed by atoms with E-state index in [-0.39, 0.29) is 10.6 Å². The standard InChI is InChI=1S/C23H29BrN4O2/c24-19-11-12-25-23(15-19)26-22-6-2-1-5-18(22)14-17-4-3-13-27(16-17)20-7-9-21(10-8-20)28(29)30/h7-12,15,17-18,22H,1-6,13-14,16H2,(H,25,26)/t17-,18+,22-/m1/s1. The number of pyridine rings is 1. The van der Waals surface area contributed by atoms with Gasteiger partial charge in [0, 0.05) is 47.6 Å². The lowest BCUT2D eigenvalue weighted by Crippen LogP contribution is -2.39. The van der Waals surface area contributed by atoms with Crippen LogP contribution in [0, 0.1) is 22.0 Å². The van der Waals surface area contributed by atoms with Crippen LogP contribution in [-0.2, 0) is 0 Å². The van der Waals surface area contributed by atoms with Crippen LogP contribution in [0.5, 0.6) is 0 Å². The molecular formula is C23H29BrN4O2. The van der Waals surface area contributed by atoms with Crippen molar-refractivity contribution in [3.05, 3.63) is 57.2 Å². The Morgan fingerprint density at radius 2 is 1.93 bits per heavy atom. The lowest BCUT2D eigenvalue weighted by Gasteiger charge is -2.39. The number of hydrogen-bond acceptors (Lipinski definition) is 5. The lowest BCUT2D eigenvalue weighted by atomic mass is 9.77. The van der Waals surface area contributed by atoms with Crippen molar-refractivity contribution in [3.8, 4) is 0 Å². The molecule has 0 radical (unpaired) electrons. The van der Waals surface area contributed by atoms with Crippen molar-refractivity contribution in [3.63, 3.8) is 0 Å². The summed E-state index contributed by atoms with van der Waals surface area (Å²) < 4.78 is 1.05. The maximum Gasteiger partial charge on any atom is 0.269 e. The van der Waals surface area contributed by atoms with Crippen LogP contribution >= 0.6 is 15.9 Å². The minimum Gasteiger partial charge on any atom is -0.371 e. The summed E-state index contributed by atoms with van der Waals surface area (Å²) in [4.78, 5) is 17.5. The number of non-ortho nitro benzene ring substituents is 1. The van der Waals surface area contributed by atoms with Crippen LogP contribution in [-0.4, -0.2) is 29.0 Å². The molecule has 6 nitrogen and oxygen atoms in total. The van der Waals surface area contributed by atoms with E-state index in [4.69, 9.17) is 0 Å². The zero-order valence-electron chi connectivity index (χ0n) is 17.2. The molecule has 1 aliphatic heterocycles. The first-order valence-electron chi connectivity index (χ1n) is 11.0. The lowest BCUT2D eigenvalue weighted by molar-refractivity contribution is -0.384. The number of nitro benzene ring substituents is 1. The van der Waals surface area contributed by atoms with Gasteiger partial charge in [0.15, 0.2) is 0 Å². The Labute approximate surface area is 186 Å². The highest BCUT2D eigenvalue weighted by molar-refractivity contribution is 9.10. The van der Waals surface area contributed by atoms with Gasteiger partial charge in [-0.25, -0.2) is 4.98 Å². The summed E-state index contributed by atoms with van der Waals surface area (Å²) in [6, 6.07) is 11.5. The third-order valence-corrected chi connectivity index (χ3v) is 7.04. The van der Waals surface area contributed by atoms with E-state index in [9.17, 15) is 10.1 Å². The van der Waals surface area contributed by atoms with Gasteiger partial charge in [-0.2, -0.15) is 0 Å². The summed E-state index contributed by atoms with van der Waals surface area (Å²) in [6.45, 7) is 2.07. The Balaban J connectivity index is 1.38. The van der Waals surface area contributed by atoms with Gasteiger partial charge in [0.05, 0.1) is 4.92 Å². The molecule has 3 atom stereocenters. The molecule has 7 heteroatoms. The van der Waals surface area contributed by atoms with E-state index in [2.05, 4.69) is 37.2 Å². The molecule has 30 heavy (non-hydrogen) atoms. The number of nitro groups is 1. The van der Waals surface area contributed by atoms with E-state index in [1.54, 1.807) is 12.1 Å². The second-order valence-corrected chi connectivity index (χ2v) is 9.53. The van der Waals surface area contributed by atoms with E-state index in [1.807, 2.05) is 24.4 Å². The molecule has 2 fully saturated rings. The highest BCUT2D eigenvalue weighted by Crippen LogP contribution is 2.35. The fourth-order valence-electron chi connectivity index (χ4n) is 5.06. The molecule has 0 bridgehead atoms. The van der Waals surface area contributed by atoms with Gasteiger partial charge in [0.25, 0.3) is 5.69 Å². The summed E-state index contributed by atoms with van der Waals surface area (Å²) in [6.07, 6.45) is 10.6. The number of piperidine rings is 1. The predicted molar refractivity (Wildman–Crippen MR) is 124 cm³/mol. The number of aromatic nitrogens is 1. The average molecular weight is 473 g/mol. The number of anilines is 2. The van der Waals surface area contributed by atoms with Crippen molar-refractivity contribution >= 4 is 33.1 Å². The smallest absolute Gasteiger partial charge is 0.269 e. The number of nitrogens with one attached hydrogen (secondary N) is 1. The first-order chi connectivity index (χ1) is 14.6. The van der Waals surface area contributed by atoms with Crippen LogP contribution < -0.4 is 10.2 Å². The summed E-state index contributed by atoms with van der Waals surface area (Å²) >= 11 is 3.54. The first-order valence-corrected chi connectivity index (χ1v) is 11.8. The maximum absolute atomic E-state index is 10.9. The molecule has 2 aromatic rings. The SMILES string of the molecule is O=[N+]([O-])c1ccc(N2CCC[C@H](C[C@@H]3CCCC[C@H]3Nc3cc(Br)ccn3)C2)cc1. The summed E-state index contributed by atoms with van der Waals surface area (Å²) in [7, 11) is 0. The van der Waals surface area contributed by atoms with Crippen LogP contribution in [0.1, 0.15) is 44.9 Å². The quantitative estimate of drug-likeness (QED) is 0.410. The fourth-order valence-corrected chi connectivity index (χ4v) is 5.39. The second-order valence-electron chi connectivity index (χ2n) is 8.62. The highest BCUT2D eigenvalue weighted by atomic mass is 79.9. The Hall–Kier alpha value is -2.15. The van der Waals surface area contributed by atoms with Crippen molar-refractivity contribution < 1.29 is 4.92 Å².